The quantitative estimate of drug-likeness (QED) is 0.782. The van der Waals surface area contributed by atoms with Crippen LogP contribution in [0.25, 0.3) is 0 Å². The fraction of sp³-hybridized carbons (Fsp3) is 0.294. The fourth-order valence-electron chi connectivity index (χ4n) is 2.09. The lowest BCUT2D eigenvalue weighted by atomic mass is 10.1. The summed E-state index contributed by atoms with van der Waals surface area (Å²) in [6.07, 6.45) is 1.95. The Labute approximate surface area is 144 Å². The number of esters is 1. The van der Waals surface area contributed by atoms with Gasteiger partial charge in [-0.05, 0) is 37.1 Å². The smallest absolute Gasteiger partial charge is 0.348 e. The molecule has 0 atom stereocenters. The minimum atomic E-state index is -0.477. The van der Waals surface area contributed by atoms with Crippen molar-refractivity contribution < 1.29 is 14.3 Å². The summed E-state index contributed by atoms with van der Waals surface area (Å²) in [6.45, 7) is 3.73. The lowest BCUT2D eigenvalue weighted by molar-refractivity contribution is -0.119. The Hall–Kier alpha value is -1.85. The number of para-hydroxylation sites is 1. The zero-order valence-corrected chi connectivity index (χ0v) is 14.6. The highest BCUT2D eigenvalue weighted by atomic mass is 35.5. The number of thiophene rings is 1. The zero-order chi connectivity index (χ0) is 16.8. The first kappa shape index (κ1) is 17.5. The van der Waals surface area contributed by atoms with Gasteiger partial charge in [0.25, 0.3) is 5.91 Å². The van der Waals surface area contributed by atoms with Crippen molar-refractivity contribution in [2.45, 2.75) is 26.7 Å². The molecule has 23 heavy (non-hydrogen) atoms. The number of hydrogen-bond acceptors (Lipinski definition) is 4. The summed E-state index contributed by atoms with van der Waals surface area (Å²) in [5.41, 5.74) is 1.65. The first-order valence-electron chi connectivity index (χ1n) is 7.32. The van der Waals surface area contributed by atoms with Crippen LogP contribution in [0.2, 0.25) is 5.02 Å². The molecule has 0 unspecified atom stereocenters. The molecule has 1 aromatic heterocycles. The molecule has 0 aliphatic heterocycles. The van der Waals surface area contributed by atoms with Crippen molar-refractivity contribution >= 4 is 40.5 Å². The molecular formula is C17H18ClNO3S. The molecule has 1 amide bonds. The monoisotopic (exact) mass is 351 g/mol. The predicted octanol–water partition coefficient (Wildman–Crippen LogP) is 4.46. The summed E-state index contributed by atoms with van der Waals surface area (Å²) in [6, 6.07) is 8.73. The van der Waals surface area contributed by atoms with Crippen LogP contribution < -0.4 is 5.32 Å². The van der Waals surface area contributed by atoms with E-state index in [1.807, 2.05) is 13.0 Å². The van der Waals surface area contributed by atoms with Crippen LogP contribution in [0, 0.1) is 6.92 Å². The minimum Gasteiger partial charge on any atom is -0.451 e. The lowest BCUT2D eigenvalue weighted by Crippen LogP contribution is -2.20. The number of aryl methyl sites for hydroxylation is 2. The summed E-state index contributed by atoms with van der Waals surface area (Å²) in [5, 5.41) is 3.04. The molecule has 4 nitrogen and oxygen atoms in total. The van der Waals surface area contributed by atoms with Gasteiger partial charge >= 0.3 is 5.97 Å². The number of amides is 1. The van der Waals surface area contributed by atoms with Crippen LogP contribution in [-0.2, 0) is 16.0 Å². The maximum absolute atomic E-state index is 12.0. The molecule has 0 aliphatic rings. The molecule has 0 bridgehead atoms. The van der Waals surface area contributed by atoms with E-state index >= 15 is 0 Å². The van der Waals surface area contributed by atoms with Crippen LogP contribution in [-0.4, -0.2) is 18.5 Å². The SMILES string of the molecule is CCCc1cc(C(=O)OCC(=O)Nc2ccccc2Cl)sc1C. The molecule has 1 N–H and O–H groups in total. The van der Waals surface area contributed by atoms with Crippen LogP contribution in [0.3, 0.4) is 0 Å². The molecule has 0 spiro atoms. The van der Waals surface area contributed by atoms with Crippen molar-refractivity contribution in [2.24, 2.45) is 0 Å². The first-order valence-corrected chi connectivity index (χ1v) is 8.51. The molecule has 122 valence electrons. The number of nitrogens with one attached hydrogen (secondary N) is 1. The van der Waals surface area contributed by atoms with Crippen molar-refractivity contribution in [1.82, 2.24) is 0 Å². The van der Waals surface area contributed by atoms with Gasteiger partial charge in [0.1, 0.15) is 4.88 Å². The summed E-state index contributed by atoms with van der Waals surface area (Å²) in [4.78, 5) is 25.5. The van der Waals surface area contributed by atoms with Crippen LogP contribution in [0.15, 0.2) is 30.3 Å². The summed E-state index contributed by atoms with van der Waals surface area (Å²) in [7, 11) is 0. The van der Waals surface area contributed by atoms with Crippen LogP contribution >= 0.6 is 22.9 Å². The number of carbonyl (C=O) groups is 2. The minimum absolute atomic E-state index is 0.343. The van der Waals surface area contributed by atoms with E-state index in [4.69, 9.17) is 16.3 Å². The van der Waals surface area contributed by atoms with Crippen molar-refractivity contribution in [3.05, 3.63) is 50.7 Å². The van der Waals surface area contributed by atoms with Gasteiger partial charge in [-0.2, -0.15) is 0 Å². The molecule has 1 heterocycles. The maximum Gasteiger partial charge on any atom is 0.348 e. The molecule has 0 aliphatic carbocycles. The van der Waals surface area contributed by atoms with E-state index < -0.39 is 11.9 Å². The number of halogens is 1. The van der Waals surface area contributed by atoms with Gasteiger partial charge in [-0.15, -0.1) is 11.3 Å². The molecule has 6 heteroatoms. The van der Waals surface area contributed by atoms with Crippen molar-refractivity contribution in [1.29, 1.82) is 0 Å². The van der Waals surface area contributed by atoms with Crippen molar-refractivity contribution in [3.8, 4) is 0 Å². The van der Waals surface area contributed by atoms with Gasteiger partial charge in [0.2, 0.25) is 0 Å². The van der Waals surface area contributed by atoms with E-state index in [0.717, 1.165) is 23.3 Å². The number of anilines is 1. The lowest BCUT2D eigenvalue weighted by Gasteiger charge is -2.07. The number of carbonyl (C=O) groups excluding carboxylic acids is 2. The van der Waals surface area contributed by atoms with Gasteiger partial charge in [-0.3, -0.25) is 4.79 Å². The Kier molecular flexibility index (Phi) is 6.19. The average Bonchev–Trinajstić information content (AvgIpc) is 2.89. The van der Waals surface area contributed by atoms with E-state index in [0.29, 0.717) is 15.6 Å². The molecule has 0 saturated heterocycles. The number of rotatable bonds is 6. The zero-order valence-electron chi connectivity index (χ0n) is 13.0. The Morgan fingerprint density at radius 2 is 2.04 bits per heavy atom. The Morgan fingerprint density at radius 1 is 1.30 bits per heavy atom. The summed E-state index contributed by atoms with van der Waals surface area (Å²) < 4.78 is 5.06. The fourth-order valence-corrected chi connectivity index (χ4v) is 3.24. The first-order chi connectivity index (χ1) is 11.0. The summed E-state index contributed by atoms with van der Waals surface area (Å²) in [5.74, 6) is -0.900. The van der Waals surface area contributed by atoms with Gasteiger partial charge < -0.3 is 10.1 Å². The third-order valence-electron chi connectivity index (χ3n) is 3.22. The van der Waals surface area contributed by atoms with Crippen LogP contribution in [0.4, 0.5) is 5.69 Å². The summed E-state index contributed by atoms with van der Waals surface area (Å²) >= 11 is 7.35. The van der Waals surface area contributed by atoms with Crippen molar-refractivity contribution in [2.75, 3.05) is 11.9 Å². The number of ether oxygens (including phenoxy) is 1. The highest BCUT2D eigenvalue weighted by Crippen LogP contribution is 2.24. The second-order valence-corrected chi connectivity index (χ2v) is 6.71. The van der Waals surface area contributed by atoms with Gasteiger partial charge in [-0.25, -0.2) is 4.79 Å². The van der Waals surface area contributed by atoms with Gasteiger partial charge in [0.05, 0.1) is 10.7 Å². The van der Waals surface area contributed by atoms with E-state index in [1.165, 1.54) is 11.3 Å². The highest BCUT2D eigenvalue weighted by molar-refractivity contribution is 7.14. The third kappa shape index (κ3) is 4.81. The number of hydrogen-bond donors (Lipinski definition) is 1. The normalized spacial score (nSPS) is 10.4. The maximum atomic E-state index is 12.0. The Morgan fingerprint density at radius 3 is 2.74 bits per heavy atom. The predicted molar refractivity (Wildman–Crippen MR) is 93.4 cm³/mol. The molecule has 0 fully saturated rings. The second kappa shape index (κ2) is 8.13. The Bertz CT molecular complexity index is 712. The van der Waals surface area contributed by atoms with Gasteiger partial charge in [0.15, 0.2) is 6.61 Å². The van der Waals surface area contributed by atoms with Crippen LogP contribution in [0.1, 0.15) is 33.5 Å². The molecule has 1 aromatic carbocycles. The molecule has 2 aromatic rings. The molecule has 2 rings (SSSR count). The highest BCUT2D eigenvalue weighted by Gasteiger charge is 2.15. The third-order valence-corrected chi connectivity index (χ3v) is 4.63. The van der Waals surface area contributed by atoms with E-state index in [9.17, 15) is 9.59 Å². The number of benzene rings is 1. The van der Waals surface area contributed by atoms with E-state index in [-0.39, 0.29) is 6.61 Å². The van der Waals surface area contributed by atoms with Gasteiger partial charge in [0, 0.05) is 4.88 Å². The molecular weight excluding hydrogens is 334 g/mol. The average molecular weight is 352 g/mol. The van der Waals surface area contributed by atoms with E-state index in [2.05, 4.69) is 12.2 Å². The second-order valence-electron chi connectivity index (χ2n) is 5.05. The van der Waals surface area contributed by atoms with Crippen LogP contribution in [0.5, 0.6) is 0 Å². The van der Waals surface area contributed by atoms with E-state index in [1.54, 1.807) is 24.3 Å². The molecule has 0 radical (unpaired) electrons. The molecule has 0 saturated carbocycles. The van der Waals surface area contributed by atoms with Gasteiger partial charge in [-0.1, -0.05) is 37.1 Å². The standard InChI is InChI=1S/C17H18ClNO3S/c1-3-6-12-9-15(23-11(12)2)17(21)22-10-16(20)19-14-8-5-4-7-13(14)18/h4-5,7-9H,3,6,10H2,1-2H3,(H,19,20). The Balaban J connectivity index is 1.90. The largest absolute Gasteiger partial charge is 0.451 e. The topological polar surface area (TPSA) is 55.4 Å². The van der Waals surface area contributed by atoms with Crippen molar-refractivity contribution in [3.63, 3.8) is 0 Å².